The van der Waals surface area contributed by atoms with E-state index in [2.05, 4.69) is 63.4 Å². The molecule has 218 valence electrons. The lowest BCUT2D eigenvalue weighted by Gasteiger charge is -2.40. The summed E-state index contributed by atoms with van der Waals surface area (Å²) in [6.07, 6.45) is 22.5. The van der Waals surface area contributed by atoms with Gasteiger partial charge in [0.15, 0.2) is 5.82 Å². The van der Waals surface area contributed by atoms with Crippen LogP contribution in [0.1, 0.15) is 86.6 Å². The summed E-state index contributed by atoms with van der Waals surface area (Å²) in [6, 6.07) is 10.3. The van der Waals surface area contributed by atoms with E-state index in [0.29, 0.717) is 17.9 Å². The van der Waals surface area contributed by atoms with Gasteiger partial charge in [0.05, 0.1) is 11.4 Å². The molecule has 1 aromatic carbocycles. The number of benzene rings is 1. The summed E-state index contributed by atoms with van der Waals surface area (Å²) in [6.45, 7) is 0.986. The van der Waals surface area contributed by atoms with Crippen LogP contribution in [0.15, 0.2) is 48.1 Å². The van der Waals surface area contributed by atoms with Crippen molar-refractivity contribution in [1.29, 1.82) is 0 Å². The summed E-state index contributed by atoms with van der Waals surface area (Å²) in [5, 5.41) is 15.9. The number of nitrogens with zero attached hydrogens (tertiary/aromatic N) is 4. The third-order valence-corrected chi connectivity index (χ3v) is 10.4. The SMILES string of the molecule is Nc1nc(Nc2ccc3c(c2)CCC(NC2CCCC2)CC3)nn1-c1cc(C23C=CC(=CC2)CC3)c2c(n1)CCCN2. The second-order valence-electron chi connectivity index (χ2n) is 13.1. The molecule has 2 bridgehead atoms. The van der Waals surface area contributed by atoms with E-state index >= 15 is 0 Å². The van der Waals surface area contributed by atoms with Crippen molar-refractivity contribution < 1.29 is 0 Å². The van der Waals surface area contributed by atoms with E-state index < -0.39 is 0 Å². The van der Waals surface area contributed by atoms with Crippen molar-refractivity contribution in [3.8, 4) is 5.82 Å². The Labute approximate surface area is 248 Å². The van der Waals surface area contributed by atoms with Crippen LogP contribution in [-0.2, 0) is 24.7 Å². The zero-order valence-corrected chi connectivity index (χ0v) is 24.5. The van der Waals surface area contributed by atoms with Crippen molar-refractivity contribution in [2.75, 3.05) is 22.9 Å². The third kappa shape index (κ3) is 4.79. The van der Waals surface area contributed by atoms with Crippen LogP contribution in [0.2, 0.25) is 0 Å². The Morgan fingerprint density at radius 2 is 1.79 bits per heavy atom. The molecule has 0 amide bonds. The van der Waals surface area contributed by atoms with Crippen LogP contribution < -0.4 is 21.7 Å². The quantitative estimate of drug-likeness (QED) is 0.271. The van der Waals surface area contributed by atoms with Crippen molar-refractivity contribution in [3.63, 3.8) is 0 Å². The predicted octanol–water partition coefficient (Wildman–Crippen LogP) is 6.04. The number of hydrogen-bond acceptors (Lipinski definition) is 7. The van der Waals surface area contributed by atoms with Gasteiger partial charge in [-0.15, -0.1) is 5.10 Å². The fraction of sp³-hybridized carbons (Fsp3) is 0.500. The highest BCUT2D eigenvalue weighted by Gasteiger charge is 2.38. The van der Waals surface area contributed by atoms with E-state index in [1.54, 1.807) is 4.68 Å². The zero-order chi connectivity index (χ0) is 28.1. The number of pyridine rings is 1. The standard InChI is InChI=1S/C34H42N8/c35-32-40-33(38-27-12-8-23-7-10-26(11-9-24(23)20-27)37-25-4-1-2-5-25)41-42(32)30-21-28(31-29(39-30)6-3-19-36-31)34-16-13-22(14-17-34)15-18-34/h8,12-14,16,20-21,25-26,36-37H,1-7,9-11,15,17-19H2,(H3,35,38,40,41). The maximum atomic E-state index is 6.48. The Kier molecular flexibility index (Phi) is 6.54. The lowest BCUT2D eigenvalue weighted by molar-refractivity contribution is 0.398. The van der Waals surface area contributed by atoms with Gasteiger partial charge in [-0.25, -0.2) is 4.98 Å². The first-order chi connectivity index (χ1) is 20.6. The molecule has 1 fully saturated rings. The molecule has 1 saturated carbocycles. The van der Waals surface area contributed by atoms with Gasteiger partial charge in [0.25, 0.3) is 0 Å². The molecule has 6 aliphatic rings. The molecule has 8 nitrogen and oxygen atoms in total. The molecule has 0 radical (unpaired) electrons. The predicted molar refractivity (Wildman–Crippen MR) is 169 cm³/mol. The van der Waals surface area contributed by atoms with E-state index in [-0.39, 0.29) is 5.41 Å². The Morgan fingerprint density at radius 1 is 0.929 bits per heavy atom. The monoisotopic (exact) mass is 562 g/mol. The molecule has 2 unspecified atom stereocenters. The number of hydrogen-bond donors (Lipinski definition) is 4. The Hall–Kier alpha value is -3.65. The lowest BCUT2D eigenvalue weighted by Crippen LogP contribution is -2.36. The van der Waals surface area contributed by atoms with Crippen LogP contribution in [0.4, 0.5) is 23.3 Å². The fourth-order valence-electron chi connectivity index (χ4n) is 7.97. The van der Waals surface area contributed by atoms with Gasteiger partial charge >= 0.3 is 0 Å². The largest absolute Gasteiger partial charge is 0.383 e. The molecule has 9 rings (SSSR count). The minimum atomic E-state index is -0.00222. The molecule has 3 aromatic rings. The second-order valence-corrected chi connectivity index (χ2v) is 13.1. The van der Waals surface area contributed by atoms with Gasteiger partial charge in [-0.05, 0) is 106 Å². The lowest BCUT2D eigenvalue weighted by atomic mass is 9.65. The van der Waals surface area contributed by atoms with Crippen molar-refractivity contribution >= 4 is 23.3 Å². The van der Waals surface area contributed by atoms with Crippen LogP contribution in [0, 0.1) is 0 Å². The Bertz CT molecular complexity index is 1560. The summed E-state index contributed by atoms with van der Waals surface area (Å²) in [5.41, 5.74) is 15.5. The third-order valence-electron chi connectivity index (χ3n) is 10.4. The van der Waals surface area contributed by atoms with E-state index in [0.717, 1.165) is 74.7 Å². The first-order valence-electron chi connectivity index (χ1n) is 16.2. The first kappa shape index (κ1) is 26.0. The molecule has 5 aliphatic carbocycles. The van der Waals surface area contributed by atoms with E-state index in [9.17, 15) is 0 Å². The van der Waals surface area contributed by atoms with Gasteiger partial charge in [-0.3, -0.25) is 0 Å². The van der Waals surface area contributed by atoms with Crippen molar-refractivity contribution in [2.45, 2.75) is 101 Å². The van der Waals surface area contributed by atoms with Crippen LogP contribution in [-0.4, -0.2) is 38.4 Å². The van der Waals surface area contributed by atoms with Gasteiger partial charge in [-0.1, -0.05) is 42.7 Å². The van der Waals surface area contributed by atoms with E-state index in [1.165, 1.54) is 66.5 Å². The molecular formula is C34H42N8. The maximum absolute atomic E-state index is 6.48. The number of nitrogens with two attached hydrogens (primary N) is 1. The molecule has 42 heavy (non-hydrogen) atoms. The Morgan fingerprint density at radius 3 is 2.60 bits per heavy atom. The molecule has 2 atom stereocenters. The number of allylic oxidation sites excluding steroid dienone is 4. The van der Waals surface area contributed by atoms with Gasteiger partial charge in [0.2, 0.25) is 11.9 Å². The van der Waals surface area contributed by atoms with Gasteiger partial charge in [-0.2, -0.15) is 9.67 Å². The minimum absolute atomic E-state index is 0.00222. The number of fused-ring (bicyclic) bond motifs is 4. The zero-order valence-electron chi connectivity index (χ0n) is 24.5. The molecule has 1 aliphatic heterocycles. The number of aryl methyl sites for hydroxylation is 3. The number of aromatic nitrogens is 4. The van der Waals surface area contributed by atoms with Gasteiger partial charge in [0, 0.05) is 29.7 Å². The minimum Gasteiger partial charge on any atom is -0.383 e. The number of nitrogens with one attached hydrogen (secondary N) is 3. The van der Waals surface area contributed by atoms with E-state index in [1.807, 2.05) is 0 Å². The average Bonchev–Trinajstić information content (AvgIpc) is 3.63. The summed E-state index contributed by atoms with van der Waals surface area (Å²) in [5.74, 6) is 1.59. The van der Waals surface area contributed by atoms with Crippen LogP contribution in [0.25, 0.3) is 5.82 Å². The first-order valence-corrected chi connectivity index (χ1v) is 16.2. The molecular weight excluding hydrogens is 520 g/mol. The molecule has 0 saturated heterocycles. The van der Waals surface area contributed by atoms with Gasteiger partial charge in [0.1, 0.15) is 0 Å². The number of rotatable bonds is 6. The van der Waals surface area contributed by atoms with Crippen molar-refractivity contribution in [2.24, 2.45) is 0 Å². The fourth-order valence-corrected chi connectivity index (χ4v) is 7.97. The highest BCUT2D eigenvalue weighted by Crippen LogP contribution is 2.48. The summed E-state index contributed by atoms with van der Waals surface area (Å²) in [4.78, 5) is 9.67. The number of nitrogen functional groups attached to an aromatic ring is 1. The maximum Gasteiger partial charge on any atom is 0.248 e. The highest BCUT2D eigenvalue weighted by atomic mass is 15.4. The molecule has 3 heterocycles. The smallest absolute Gasteiger partial charge is 0.248 e. The molecule has 0 spiro atoms. The molecule has 5 N–H and O–H groups in total. The van der Waals surface area contributed by atoms with Crippen molar-refractivity contribution in [1.82, 2.24) is 25.1 Å². The van der Waals surface area contributed by atoms with Crippen LogP contribution >= 0.6 is 0 Å². The van der Waals surface area contributed by atoms with Crippen molar-refractivity contribution in [3.05, 3.63) is 70.5 Å². The van der Waals surface area contributed by atoms with E-state index in [4.69, 9.17) is 15.8 Å². The molecule has 8 heteroatoms. The van der Waals surface area contributed by atoms with Crippen LogP contribution in [0.5, 0.6) is 0 Å². The summed E-state index contributed by atoms with van der Waals surface area (Å²) < 4.78 is 1.71. The normalized spacial score (nSPS) is 25.0. The summed E-state index contributed by atoms with van der Waals surface area (Å²) >= 11 is 0. The average molecular weight is 563 g/mol. The topological polar surface area (TPSA) is 106 Å². The van der Waals surface area contributed by atoms with Gasteiger partial charge < -0.3 is 21.7 Å². The van der Waals surface area contributed by atoms with Crippen LogP contribution in [0.3, 0.4) is 0 Å². The second kappa shape index (κ2) is 10.6. The number of anilines is 4. The summed E-state index contributed by atoms with van der Waals surface area (Å²) in [7, 11) is 0. The Balaban J connectivity index is 1.04. The highest BCUT2D eigenvalue weighted by molar-refractivity contribution is 5.65. The molecule has 2 aromatic heterocycles.